The number of nitrogens with zero attached hydrogens (tertiary/aromatic N) is 2. The summed E-state index contributed by atoms with van der Waals surface area (Å²) in [7, 11) is 0. The molecule has 5 heteroatoms. The van der Waals surface area contributed by atoms with Gasteiger partial charge >= 0.3 is 0 Å². The average Bonchev–Trinajstić information content (AvgIpc) is 3.01. The number of likely N-dealkylation sites (tertiary alicyclic amines) is 1. The Morgan fingerprint density at radius 3 is 2.74 bits per heavy atom. The van der Waals surface area contributed by atoms with Crippen LogP contribution in [0.2, 0.25) is 0 Å². The van der Waals surface area contributed by atoms with E-state index in [-0.39, 0.29) is 5.91 Å². The van der Waals surface area contributed by atoms with Crippen LogP contribution in [0.15, 0.2) is 0 Å². The van der Waals surface area contributed by atoms with Crippen LogP contribution < -0.4 is 5.32 Å². The smallest absolute Gasteiger partial charge is 0.234 e. The van der Waals surface area contributed by atoms with Gasteiger partial charge in [0.25, 0.3) is 0 Å². The lowest BCUT2D eigenvalue weighted by molar-refractivity contribution is -0.145. The zero-order valence-corrected chi connectivity index (χ0v) is 14.0. The van der Waals surface area contributed by atoms with Crippen LogP contribution in [0.3, 0.4) is 0 Å². The lowest BCUT2D eigenvalue weighted by Crippen LogP contribution is -2.61. The summed E-state index contributed by atoms with van der Waals surface area (Å²) >= 11 is 0. The van der Waals surface area contributed by atoms with E-state index in [1.807, 2.05) is 0 Å². The van der Waals surface area contributed by atoms with E-state index in [2.05, 4.69) is 15.1 Å². The van der Waals surface area contributed by atoms with E-state index in [0.29, 0.717) is 36.4 Å². The average molecular weight is 319 g/mol. The fourth-order valence-corrected chi connectivity index (χ4v) is 5.39. The molecule has 1 saturated carbocycles. The molecular formula is C18H29N3O2. The lowest BCUT2D eigenvalue weighted by Gasteiger charge is -2.52. The highest BCUT2D eigenvalue weighted by Gasteiger charge is 2.44. The Hall–Kier alpha value is -1.10. The molecule has 3 heterocycles. The van der Waals surface area contributed by atoms with E-state index in [9.17, 15) is 9.59 Å². The van der Waals surface area contributed by atoms with Crippen LogP contribution in [0.25, 0.3) is 0 Å². The molecule has 1 N–H and O–H groups in total. The molecule has 4 fully saturated rings. The Balaban J connectivity index is 1.34. The van der Waals surface area contributed by atoms with Gasteiger partial charge in [0.2, 0.25) is 11.8 Å². The molecule has 1 aliphatic carbocycles. The summed E-state index contributed by atoms with van der Waals surface area (Å²) in [4.78, 5) is 29.0. The Morgan fingerprint density at radius 2 is 1.91 bits per heavy atom. The molecule has 2 bridgehead atoms. The fourth-order valence-electron chi connectivity index (χ4n) is 5.39. The largest absolute Gasteiger partial charge is 0.352 e. The monoisotopic (exact) mass is 319 g/mol. The first kappa shape index (κ1) is 15.4. The molecule has 0 unspecified atom stereocenters. The number of carbonyl (C=O) groups is 2. The highest BCUT2D eigenvalue weighted by molar-refractivity contribution is 5.78. The van der Waals surface area contributed by atoms with Gasteiger partial charge in [0, 0.05) is 38.1 Å². The minimum atomic E-state index is 0.202. The van der Waals surface area contributed by atoms with Gasteiger partial charge < -0.3 is 10.2 Å². The van der Waals surface area contributed by atoms with Crippen molar-refractivity contribution in [3.8, 4) is 0 Å². The highest BCUT2D eigenvalue weighted by Crippen LogP contribution is 2.37. The van der Waals surface area contributed by atoms with Gasteiger partial charge in [-0.1, -0.05) is 12.8 Å². The van der Waals surface area contributed by atoms with E-state index in [1.165, 1.54) is 19.3 Å². The molecule has 4 aliphatic rings. The van der Waals surface area contributed by atoms with Gasteiger partial charge in [-0.2, -0.15) is 0 Å². The van der Waals surface area contributed by atoms with Crippen LogP contribution in [-0.2, 0) is 9.59 Å². The summed E-state index contributed by atoms with van der Waals surface area (Å²) in [6, 6.07) is 0.853. The standard InChI is InChI=1S/C18H29N3O2/c22-17(19-15-4-1-2-5-15)12-20-9-13-8-14(11-20)16-6-3-7-18(23)21(16)10-13/h13-16H,1-12H2,(H,19,22)/t13-,14-,16-/m1/s1. The van der Waals surface area contributed by atoms with E-state index in [4.69, 9.17) is 0 Å². The summed E-state index contributed by atoms with van der Waals surface area (Å²) in [6.45, 7) is 3.43. The molecule has 3 aliphatic heterocycles. The van der Waals surface area contributed by atoms with Gasteiger partial charge in [-0.25, -0.2) is 0 Å². The zero-order valence-electron chi connectivity index (χ0n) is 14.0. The molecule has 3 saturated heterocycles. The number of amides is 2. The van der Waals surface area contributed by atoms with Gasteiger partial charge in [0.1, 0.15) is 0 Å². The summed E-state index contributed by atoms with van der Waals surface area (Å²) in [5.74, 6) is 1.70. The minimum absolute atomic E-state index is 0.202. The molecule has 0 aromatic rings. The molecule has 0 spiro atoms. The molecule has 23 heavy (non-hydrogen) atoms. The summed E-state index contributed by atoms with van der Waals surface area (Å²) < 4.78 is 0. The second kappa shape index (κ2) is 6.42. The van der Waals surface area contributed by atoms with E-state index < -0.39 is 0 Å². The van der Waals surface area contributed by atoms with E-state index in [1.54, 1.807) is 0 Å². The van der Waals surface area contributed by atoms with Gasteiger partial charge in [-0.15, -0.1) is 0 Å². The van der Waals surface area contributed by atoms with Crippen LogP contribution >= 0.6 is 0 Å². The number of piperidine rings is 3. The number of fused-ring (bicyclic) bond motifs is 4. The van der Waals surface area contributed by atoms with Crippen molar-refractivity contribution in [2.45, 2.75) is 63.5 Å². The van der Waals surface area contributed by atoms with Crippen molar-refractivity contribution in [2.24, 2.45) is 11.8 Å². The molecule has 3 atom stereocenters. The van der Waals surface area contributed by atoms with E-state index in [0.717, 1.165) is 51.7 Å². The van der Waals surface area contributed by atoms with Crippen LogP contribution in [0.5, 0.6) is 0 Å². The Bertz CT molecular complexity index is 475. The van der Waals surface area contributed by atoms with Crippen LogP contribution in [0.4, 0.5) is 0 Å². The van der Waals surface area contributed by atoms with Crippen molar-refractivity contribution in [3.63, 3.8) is 0 Å². The molecule has 2 amide bonds. The molecular weight excluding hydrogens is 290 g/mol. The number of nitrogens with one attached hydrogen (secondary N) is 1. The Labute approximate surface area is 138 Å². The van der Waals surface area contributed by atoms with Gasteiger partial charge in [0.15, 0.2) is 0 Å². The highest BCUT2D eigenvalue weighted by atomic mass is 16.2. The normalized spacial score (nSPS) is 35.2. The van der Waals surface area contributed by atoms with Gasteiger partial charge in [-0.05, 0) is 43.9 Å². The molecule has 128 valence electrons. The minimum Gasteiger partial charge on any atom is -0.352 e. The maximum absolute atomic E-state index is 12.3. The van der Waals surface area contributed by atoms with Crippen LogP contribution in [-0.4, -0.2) is 59.9 Å². The second-order valence-corrected chi connectivity index (χ2v) is 8.11. The topological polar surface area (TPSA) is 52.7 Å². The summed E-state index contributed by atoms with van der Waals surface area (Å²) in [5.41, 5.74) is 0. The fraction of sp³-hybridized carbons (Fsp3) is 0.889. The number of hydrogen-bond donors (Lipinski definition) is 1. The summed E-state index contributed by atoms with van der Waals surface area (Å²) in [6.07, 6.45) is 8.99. The molecule has 0 aromatic carbocycles. The predicted octanol–water partition coefficient (Wildman–Crippen LogP) is 1.38. The third kappa shape index (κ3) is 3.25. The van der Waals surface area contributed by atoms with Crippen LogP contribution in [0, 0.1) is 11.8 Å². The molecule has 0 radical (unpaired) electrons. The predicted molar refractivity (Wildman–Crippen MR) is 87.8 cm³/mol. The lowest BCUT2D eigenvalue weighted by atomic mass is 9.76. The zero-order chi connectivity index (χ0) is 15.8. The van der Waals surface area contributed by atoms with Gasteiger partial charge in [0.05, 0.1) is 6.54 Å². The van der Waals surface area contributed by atoms with Crippen molar-refractivity contribution < 1.29 is 9.59 Å². The number of rotatable bonds is 3. The first-order valence-electron chi connectivity index (χ1n) is 9.50. The Kier molecular flexibility index (Phi) is 4.31. The molecule has 5 nitrogen and oxygen atoms in total. The number of hydrogen-bond acceptors (Lipinski definition) is 3. The van der Waals surface area contributed by atoms with Crippen molar-refractivity contribution >= 4 is 11.8 Å². The molecule has 0 aromatic heterocycles. The Morgan fingerprint density at radius 1 is 1.09 bits per heavy atom. The first-order chi connectivity index (χ1) is 11.2. The number of carbonyl (C=O) groups excluding carboxylic acids is 2. The SMILES string of the molecule is O=C(CN1C[C@H]2C[C@H](C1)[C@H]1CCCC(=O)N1C2)NC1CCCC1. The third-order valence-corrected chi connectivity index (χ3v) is 6.34. The first-order valence-corrected chi connectivity index (χ1v) is 9.50. The van der Waals surface area contributed by atoms with Crippen molar-refractivity contribution in [1.82, 2.24) is 15.1 Å². The van der Waals surface area contributed by atoms with Crippen LogP contribution in [0.1, 0.15) is 51.4 Å². The van der Waals surface area contributed by atoms with Crippen molar-refractivity contribution in [3.05, 3.63) is 0 Å². The maximum Gasteiger partial charge on any atom is 0.234 e. The summed E-state index contributed by atoms with van der Waals surface area (Å²) in [5, 5.41) is 3.21. The van der Waals surface area contributed by atoms with Gasteiger partial charge in [-0.3, -0.25) is 14.5 Å². The molecule has 4 rings (SSSR count). The van der Waals surface area contributed by atoms with Crippen molar-refractivity contribution in [1.29, 1.82) is 0 Å². The third-order valence-electron chi connectivity index (χ3n) is 6.34. The second-order valence-electron chi connectivity index (χ2n) is 8.11. The van der Waals surface area contributed by atoms with Crippen molar-refractivity contribution in [2.75, 3.05) is 26.2 Å². The van der Waals surface area contributed by atoms with E-state index >= 15 is 0 Å². The quantitative estimate of drug-likeness (QED) is 0.855. The maximum atomic E-state index is 12.3.